The second-order valence-electron chi connectivity index (χ2n) is 4.05. The molecule has 1 rings (SSSR count). The summed E-state index contributed by atoms with van der Waals surface area (Å²) in [7, 11) is 1.82. The summed E-state index contributed by atoms with van der Waals surface area (Å²) in [6.07, 6.45) is 0.672. The van der Waals surface area contributed by atoms with E-state index in [1.165, 1.54) is 12.1 Å². The van der Waals surface area contributed by atoms with Crippen LogP contribution < -0.4 is 0 Å². The lowest BCUT2D eigenvalue weighted by molar-refractivity contribution is -0.137. The molecule has 0 spiro atoms. The quantitative estimate of drug-likeness (QED) is 0.797. The molecule has 0 aromatic heterocycles. The molecule has 0 radical (unpaired) electrons. The lowest BCUT2D eigenvalue weighted by atomic mass is 10.2. The van der Waals surface area contributed by atoms with Crippen molar-refractivity contribution in [3.63, 3.8) is 0 Å². The van der Waals surface area contributed by atoms with E-state index in [1.54, 1.807) is 0 Å². The average Bonchev–Trinajstić information content (AvgIpc) is 2.14. The maximum Gasteiger partial charge on any atom is 0.303 e. The molecule has 0 fully saturated rings. The summed E-state index contributed by atoms with van der Waals surface area (Å²) in [5.74, 6) is -1.39. The Balaban J connectivity index is 2.44. The fourth-order valence-electron chi connectivity index (χ4n) is 1.62. The van der Waals surface area contributed by atoms with Crippen molar-refractivity contribution in [3.8, 4) is 5.75 Å². The van der Waals surface area contributed by atoms with Crippen molar-refractivity contribution in [3.05, 3.63) is 29.6 Å². The van der Waals surface area contributed by atoms with E-state index in [1.807, 2.05) is 11.9 Å². The van der Waals surface area contributed by atoms with Gasteiger partial charge in [0.05, 0.1) is 0 Å². The molecule has 0 atom stereocenters. The first-order valence-electron chi connectivity index (χ1n) is 5.36. The SMILES string of the molecule is CN(CCCC(=O)O)Cc1cc(O)cc(F)c1. The zero-order valence-electron chi connectivity index (χ0n) is 9.69. The van der Waals surface area contributed by atoms with Gasteiger partial charge >= 0.3 is 5.97 Å². The van der Waals surface area contributed by atoms with Crippen LogP contribution in [0.5, 0.6) is 5.75 Å². The number of nitrogens with zero attached hydrogens (tertiary/aromatic N) is 1. The molecule has 5 heteroatoms. The van der Waals surface area contributed by atoms with E-state index in [4.69, 9.17) is 5.11 Å². The molecule has 0 saturated heterocycles. The number of phenols is 1. The number of benzene rings is 1. The predicted octanol–water partition coefficient (Wildman–Crippen LogP) is 1.83. The molecule has 0 amide bonds. The van der Waals surface area contributed by atoms with E-state index in [2.05, 4.69) is 0 Å². The zero-order valence-corrected chi connectivity index (χ0v) is 9.69. The number of carboxylic acid groups (broad SMARTS) is 1. The predicted molar refractivity (Wildman–Crippen MR) is 61.3 cm³/mol. The average molecular weight is 241 g/mol. The van der Waals surface area contributed by atoms with Crippen LogP contribution in [0.3, 0.4) is 0 Å². The first-order valence-corrected chi connectivity index (χ1v) is 5.36. The van der Waals surface area contributed by atoms with Crippen LogP contribution in [0.15, 0.2) is 18.2 Å². The summed E-state index contributed by atoms with van der Waals surface area (Å²) in [5, 5.41) is 17.7. The topological polar surface area (TPSA) is 60.8 Å². The van der Waals surface area contributed by atoms with Gasteiger partial charge in [-0.15, -0.1) is 0 Å². The van der Waals surface area contributed by atoms with E-state index < -0.39 is 11.8 Å². The number of hydrogen-bond donors (Lipinski definition) is 2. The van der Waals surface area contributed by atoms with Crippen LogP contribution in [0.4, 0.5) is 4.39 Å². The third kappa shape index (κ3) is 5.31. The molecule has 1 aromatic rings. The smallest absolute Gasteiger partial charge is 0.303 e. The molecule has 0 aliphatic rings. The van der Waals surface area contributed by atoms with Crippen molar-refractivity contribution in [2.45, 2.75) is 19.4 Å². The fraction of sp³-hybridized carbons (Fsp3) is 0.417. The Kier molecular flexibility index (Phi) is 4.90. The van der Waals surface area contributed by atoms with Gasteiger partial charge in [-0.05, 0) is 37.7 Å². The molecule has 94 valence electrons. The summed E-state index contributed by atoms with van der Waals surface area (Å²) in [5.41, 5.74) is 0.667. The second-order valence-corrected chi connectivity index (χ2v) is 4.05. The Morgan fingerprint density at radius 2 is 2.12 bits per heavy atom. The maximum absolute atomic E-state index is 13.0. The highest BCUT2D eigenvalue weighted by Gasteiger charge is 2.05. The highest BCUT2D eigenvalue weighted by atomic mass is 19.1. The minimum absolute atomic E-state index is 0.0982. The van der Waals surface area contributed by atoms with Crippen LogP contribution in [-0.4, -0.2) is 34.7 Å². The van der Waals surface area contributed by atoms with Gasteiger partial charge in [0.2, 0.25) is 0 Å². The number of rotatable bonds is 6. The summed E-state index contributed by atoms with van der Waals surface area (Å²) in [6.45, 7) is 1.09. The van der Waals surface area contributed by atoms with Gasteiger partial charge in [0.15, 0.2) is 0 Å². The summed E-state index contributed by atoms with van der Waals surface area (Å²) < 4.78 is 13.0. The van der Waals surface area contributed by atoms with E-state index >= 15 is 0 Å². The van der Waals surface area contributed by atoms with Gasteiger partial charge in [0, 0.05) is 19.0 Å². The van der Waals surface area contributed by atoms with Crippen LogP contribution in [0.2, 0.25) is 0 Å². The molecule has 0 aliphatic carbocycles. The Morgan fingerprint density at radius 3 is 2.71 bits per heavy atom. The van der Waals surface area contributed by atoms with Gasteiger partial charge in [0.25, 0.3) is 0 Å². The van der Waals surface area contributed by atoms with Crippen LogP contribution >= 0.6 is 0 Å². The number of carboxylic acids is 1. The monoisotopic (exact) mass is 241 g/mol. The molecule has 0 unspecified atom stereocenters. The molecular weight excluding hydrogens is 225 g/mol. The third-order valence-electron chi connectivity index (χ3n) is 2.33. The second kappa shape index (κ2) is 6.20. The first kappa shape index (κ1) is 13.4. The molecule has 0 saturated carbocycles. The highest BCUT2D eigenvalue weighted by molar-refractivity contribution is 5.66. The van der Waals surface area contributed by atoms with Gasteiger partial charge in [-0.1, -0.05) is 0 Å². The Morgan fingerprint density at radius 1 is 1.41 bits per heavy atom. The van der Waals surface area contributed by atoms with Crippen LogP contribution in [0.25, 0.3) is 0 Å². The van der Waals surface area contributed by atoms with Crippen molar-refractivity contribution in [1.29, 1.82) is 0 Å². The molecule has 17 heavy (non-hydrogen) atoms. The number of aliphatic carboxylic acids is 1. The fourth-order valence-corrected chi connectivity index (χ4v) is 1.62. The number of aromatic hydroxyl groups is 1. The van der Waals surface area contributed by atoms with E-state index in [-0.39, 0.29) is 12.2 Å². The van der Waals surface area contributed by atoms with Crippen LogP contribution in [-0.2, 0) is 11.3 Å². The van der Waals surface area contributed by atoms with Crippen molar-refractivity contribution in [2.75, 3.05) is 13.6 Å². The minimum Gasteiger partial charge on any atom is -0.508 e. The number of phenolic OH excluding ortho intramolecular Hbond substituents is 1. The molecule has 0 bridgehead atoms. The lowest BCUT2D eigenvalue weighted by Gasteiger charge is -2.16. The molecule has 1 aromatic carbocycles. The van der Waals surface area contributed by atoms with Gasteiger partial charge in [-0.25, -0.2) is 4.39 Å². The summed E-state index contributed by atoms with van der Waals surface area (Å²) in [6, 6.07) is 3.90. The number of carbonyl (C=O) groups is 1. The van der Waals surface area contributed by atoms with Crippen molar-refractivity contribution < 1.29 is 19.4 Å². The normalized spacial score (nSPS) is 10.8. The van der Waals surface area contributed by atoms with Crippen molar-refractivity contribution >= 4 is 5.97 Å². The number of hydrogen-bond acceptors (Lipinski definition) is 3. The summed E-state index contributed by atoms with van der Waals surface area (Å²) >= 11 is 0. The van der Waals surface area contributed by atoms with Gasteiger partial charge in [-0.3, -0.25) is 4.79 Å². The Hall–Kier alpha value is -1.62. The van der Waals surface area contributed by atoms with Gasteiger partial charge in [0.1, 0.15) is 11.6 Å². The molecule has 0 aliphatic heterocycles. The van der Waals surface area contributed by atoms with Crippen LogP contribution in [0.1, 0.15) is 18.4 Å². The zero-order chi connectivity index (χ0) is 12.8. The van der Waals surface area contributed by atoms with Gasteiger partial charge < -0.3 is 15.1 Å². The standard InChI is InChI=1S/C12H16FNO3/c1-14(4-2-3-12(16)17)8-9-5-10(13)7-11(15)6-9/h5-7,15H,2-4,8H2,1H3,(H,16,17). The minimum atomic E-state index is -0.818. The molecule has 2 N–H and O–H groups in total. The Labute approximate surface area is 99.3 Å². The molecule has 0 heterocycles. The maximum atomic E-state index is 13.0. The van der Waals surface area contributed by atoms with Crippen molar-refractivity contribution in [1.82, 2.24) is 4.90 Å². The first-order chi connectivity index (χ1) is 7.97. The highest BCUT2D eigenvalue weighted by Crippen LogP contribution is 2.15. The Bertz CT molecular complexity index is 375. The van der Waals surface area contributed by atoms with E-state index in [0.717, 1.165) is 6.07 Å². The third-order valence-corrected chi connectivity index (χ3v) is 2.33. The van der Waals surface area contributed by atoms with Crippen molar-refractivity contribution in [2.24, 2.45) is 0 Å². The number of halogens is 1. The van der Waals surface area contributed by atoms with Gasteiger partial charge in [-0.2, -0.15) is 0 Å². The lowest BCUT2D eigenvalue weighted by Crippen LogP contribution is -2.19. The molecule has 4 nitrogen and oxygen atoms in total. The summed E-state index contributed by atoms with van der Waals surface area (Å²) in [4.78, 5) is 12.2. The molecular formula is C12H16FNO3. The van der Waals surface area contributed by atoms with Crippen LogP contribution in [0, 0.1) is 5.82 Å². The van der Waals surface area contributed by atoms with E-state index in [9.17, 15) is 14.3 Å². The largest absolute Gasteiger partial charge is 0.508 e. The van der Waals surface area contributed by atoms with E-state index in [0.29, 0.717) is 25.1 Å².